The van der Waals surface area contributed by atoms with Crippen LogP contribution in [-0.4, -0.2) is 11.0 Å². The molecule has 2 heteroatoms. The zero-order valence-electron chi connectivity index (χ0n) is 10.5. The highest BCUT2D eigenvalue weighted by molar-refractivity contribution is 7.99. The van der Waals surface area contributed by atoms with Gasteiger partial charge in [0.2, 0.25) is 0 Å². The predicted octanol–water partition coefficient (Wildman–Crippen LogP) is 3.90. The van der Waals surface area contributed by atoms with Crippen LogP contribution < -0.4 is 0 Å². The Labute approximate surface area is 103 Å². The number of thioether (sulfide) groups is 1. The Hall–Kier alpha value is -0.760. The fraction of sp³-hybridized carbons (Fsp3) is 0.500. The fourth-order valence-electron chi connectivity index (χ4n) is 1.75. The standard InChI is InChI=1S/C14H20OS/c1-5-14(15)12(4)16-9-13-7-10(2)6-11(3)8-13/h6-8,12H,5,9H2,1-4H3. The van der Waals surface area contributed by atoms with Crippen LogP contribution in [0.2, 0.25) is 0 Å². The third-order valence-corrected chi connectivity index (χ3v) is 3.85. The number of benzene rings is 1. The Balaban J connectivity index is 2.57. The van der Waals surface area contributed by atoms with E-state index in [0.717, 1.165) is 5.75 Å². The van der Waals surface area contributed by atoms with Crippen LogP contribution in [0.3, 0.4) is 0 Å². The largest absolute Gasteiger partial charge is 0.298 e. The van der Waals surface area contributed by atoms with Gasteiger partial charge in [-0.25, -0.2) is 0 Å². The normalized spacial score (nSPS) is 12.5. The molecule has 0 N–H and O–H groups in total. The topological polar surface area (TPSA) is 17.1 Å². The fourth-order valence-corrected chi connectivity index (χ4v) is 2.72. The maximum Gasteiger partial charge on any atom is 0.145 e. The molecule has 0 aromatic heterocycles. The molecule has 1 aromatic rings. The average molecular weight is 236 g/mol. The first-order chi connectivity index (χ1) is 7.52. The Kier molecular flexibility index (Phi) is 5.07. The number of aryl methyl sites for hydroxylation is 2. The van der Waals surface area contributed by atoms with E-state index in [0.29, 0.717) is 12.2 Å². The molecule has 0 fully saturated rings. The van der Waals surface area contributed by atoms with Crippen LogP contribution in [0, 0.1) is 13.8 Å². The summed E-state index contributed by atoms with van der Waals surface area (Å²) in [6.45, 7) is 8.15. The monoisotopic (exact) mass is 236 g/mol. The first-order valence-electron chi connectivity index (χ1n) is 5.74. The molecule has 0 spiro atoms. The van der Waals surface area contributed by atoms with Crippen LogP contribution in [0.1, 0.15) is 37.0 Å². The van der Waals surface area contributed by atoms with Crippen molar-refractivity contribution in [3.63, 3.8) is 0 Å². The summed E-state index contributed by atoms with van der Waals surface area (Å²) in [5.74, 6) is 1.27. The van der Waals surface area contributed by atoms with Crippen molar-refractivity contribution in [1.82, 2.24) is 0 Å². The number of hydrogen-bond acceptors (Lipinski definition) is 2. The number of hydrogen-bond donors (Lipinski definition) is 0. The van der Waals surface area contributed by atoms with Crippen molar-refractivity contribution in [2.45, 2.75) is 45.1 Å². The first kappa shape index (κ1) is 13.3. The quantitative estimate of drug-likeness (QED) is 0.771. The lowest BCUT2D eigenvalue weighted by Crippen LogP contribution is -2.11. The van der Waals surface area contributed by atoms with E-state index in [-0.39, 0.29) is 5.25 Å². The van der Waals surface area contributed by atoms with E-state index in [4.69, 9.17) is 0 Å². The summed E-state index contributed by atoms with van der Waals surface area (Å²) in [5.41, 5.74) is 3.91. The summed E-state index contributed by atoms with van der Waals surface area (Å²) in [6.07, 6.45) is 0.640. The van der Waals surface area contributed by atoms with Crippen molar-refractivity contribution in [2.24, 2.45) is 0 Å². The van der Waals surface area contributed by atoms with E-state index in [1.807, 2.05) is 13.8 Å². The number of carbonyl (C=O) groups is 1. The molecule has 0 aliphatic rings. The van der Waals surface area contributed by atoms with Crippen LogP contribution in [0.4, 0.5) is 0 Å². The van der Waals surface area contributed by atoms with E-state index >= 15 is 0 Å². The van der Waals surface area contributed by atoms with Gasteiger partial charge in [-0.1, -0.05) is 36.2 Å². The molecule has 1 aromatic carbocycles. The van der Waals surface area contributed by atoms with Crippen molar-refractivity contribution in [2.75, 3.05) is 0 Å². The molecular weight excluding hydrogens is 216 g/mol. The van der Waals surface area contributed by atoms with Gasteiger partial charge in [0.15, 0.2) is 0 Å². The van der Waals surface area contributed by atoms with Crippen molar-refractivity contribution in [3.8, 4) is 0 Å². The van der Waals surface area contributed by atoms with Crippen LogP contribution >= 0.6 is 11.8 Å². The van der Waals surface area contributed by atoms with Gasteiger partial charge in [-0.3, -0.25) is 4.79 Å². The minimum atomic E-state index is 0.116. The van der Waals surface area contributed by atoms with Gasteiger partial charge in [0, 0.05) is 12.2 Å². The van der Waals surface area contributed by atoms with E-state index in [2.05, 4.69) is 32.0 Å². The highest BCUT2D eigenvalue weighted by Crippen LogP contribution is 2.20. The molecule has 0 bridgehead atoms. The van der Waals surface area contributed by atoms with Crippen LogP contribution in [-0.2, 0) is 10.5 Å². The first-order valence-corrected chi connectivity index (χ1v) is 6.79. The van der Waals surface area contributed by atoms with Crippen LogP contribution in [0.25, 0.3) is 0 Å². The van der Waals surface area contributed by atoms with E-state index in [9.17, 15) is 4.79 Å². The summed E-state index contributed by atoms with van der Waals surface area (Å²) in [7, 11) is 0. The second-order valence-corrected chi connectivity index (χ2v) is 5.60. The summed E-state index contributed by atoms with van der Waals surface area (Å²) in [6, 6.07) is 6.57. The summed E-state index contributed by atoms with van der Waals surface area (Å²) in [4.78, 5) is 11.4. The minimum Gasteiger partial charge on any atom is -0.298 e. The lowest BCUT2D eigenvalue weighted by atomic mass is 10.1. The molecule has 0 heterocycles. The van der Waals surface area contributed by atoms with Crippen LogP contribution in [0.5, 0.6) is 0 Å². The molecule has 1 nitrogen and oxygen atoms in total. The van der Waals surface area contributed by atoms with Gasteiger partial charge in [-0.2, -0.15) is 0 Å². The third-order valence-electron chi connectivity index (χ3n) is 2.58. The minimum absolute atomic E-state index is 0.116. The van der Waals surface area contributed by atoms with E-state index in [1.165, 1.54) is 16.7 Å². The molecule has 0 saturated carbocycles. The Morgan fingerprint density at radius 3 is 2.31 bits per heavy atom. The molecule has 88 valence electrons. The van der Waals surface area contributed by atoms with Gasteiger partial charge in [-0.05, 0) is 26.3 Å². The lowest BCUT2D eigenvalue weighted by molar-refractivity contribution is -0.117. The van der Waals surface area contributed by atoms with Gasteiger partial charge in [-0.15, -0.1) is 11.8 Å². The molecule has 1 rings (SSSR count). The predicted molar refractivity (Wildman–Crippen MR) is 72.0 cm³/mol. The van der Waals surface area contributed by atoms with Crippen molar-refractivity contribution < 1.29 is 4.79 Å². The Morgan fingerprint density at radius 2 is 1.81 bits per heavy atom. The van der Waals surface area contributed by atoms with Crippen molar-refractivity contribution in [3.05, 3.63) is 34.9 Å². The van der Waals surface area contributed by atoms with Gasteiger partial charge in [0.25, 0.3) is 0 Å². The number of carbonyl (C=O) groups excluding carboxylic acids is 1. The molecule has 0 amide bonds. The molecule has 0 radical (unpaired) electrons. The number of rotatable bonds is 5. The molecule has 0 saturated heterocycles. The van der Waals surface area contributed by atoms with Crippen LogP contribution in [0.15, 0.2) is 18.2 Å². The Bertz CT molecular complexity index is 351. The summed E-state index contributed by atoms with van der Waals surface area (Å²) in [5, 5.41) is 0.116. The second-order valence-electron chi connectivity index (χ2n) is 4.27. The number of ketones is 1. The van der Waals surface area contributed by atoms with E-state index < -0.39 is 0 Å². The van der Waals surface area contributed by atoms with E-state index in [1.54, 1.807) is 11.8 Å². The summed E-state index contributed by atoms with van der Waals surface area (Å²) < 4.78 is 0. The average Bonchev–Trinajstić information content (AvgIpc) is 2.23. The molecule has 1 unspecified atom stereocenters. The zero-order chi connectivity index (χ0) is 12.1. The van der Waals surface area contributed by atoms with Crippen molar-refractivity contribution in [1.29, 1.82) is 0 Å². The molecular formula is C14H20OS. The van der Waals surface area contributed by atoms with Gasteiger partial charge >= 0.3 is 0 Å². The molecule has 1 atom stereocenters. The SMILES string of the molecule is CCC(=O)C(C)SCc1cc(C)cc(C)c1. The lowest BCUT2D eigenvalue weighted by Gasteiger charge is -2.10. The molecule has 16 heavy (non-hydrogen) atoms. The highest BCUT2D eigenvalue weighted by atomic mass is 32.2. The van der Waals surface area contributed by atoms with Gasteiger partial charge in [0.05, 0.1) is 5.25 Å². The molecule has 0 aliphatic heterocycles. The second kappa shape index (κ2) is 6.09. The van der Waals surface area contributed by atoms with Gasteiger partial charge < -0.3 is 0 Å². The van der Waals surface area contributed by atoms with Gasteiger partial charge in [0.1, 0.15) is 5.78 Å². The third kappa shape index (κ3) is 4.01. The number of Topliss-reactive ketones (excluding diaryl/α,β-unsaturated/α-hetero) is 1. The maximum absolute atomic E-state index is 11.4. The highest BCUT2D eigenvalue weighted by Gasteiger charge is 2.10. The maximum atomic E-state index is 11.4. The molecule has 0 aliphatic carbocycles. The Morgan fingerprint density at radius 1 is 1.25 bits per heavy atom. The summed E-state index contributed by atoms with van der Waals surface area (Å²) >= 11 is 1.73. The van der Waals surface area contributed by atoms with Crippen molar-refractivity contribution >= 4 is 17.5 Å². The smallest absolute Gasteiger partial charge is 0.145 e. The zero-order valence-corrected chi connectivity index (χ0v) is 11.4.